The zero-order valence-electron chi connectivity index (χ0n) is 11.0. The molecule has 1 amide bonds. The van der Waals surface area contributed by atoms with Crippen LogP contribution in [-0.4, -0.2) is 39.6 Å². The van der Waals surface area contributed by atoms with E-state index in [-0.39, 0.29) is 11.8 Å². The second kappa shape index (κ2) is 5.45. The standard InChI is InChI=1S/C15H19NO2S/c17-15(16-8-10-19(18)11-9-16)14-7-3-5-12-4-1-2-6-13(12)14/h1-2,4,6,14H,3,5,7-11H2/t14-/m0/s1. The van der Waals surface area contributed by atoms with E-state index in [0.717, 1.165) is 19.3 Å². The van der Waals surface area contributed by atoms with Gasteiger partial charge in [0.1, 0.15) is 0 Å². The number of amides is 1. The molecular weight excluding hydrogens is 258 g/mol. The molecule has 102 valence electrons. The Hall–Kier alpha value is -1.16. The molecule has 4 heteroatoms. The number of nitrogens with zero attached hydrogens (tertiary/aromatic N) is 1. The van der Waals surface area contributed by atoms with E-state index >= 15 is 0 Å². The average Bonchev–Trinajstić information content (AvgIpc) is 2.47. The van der Waals surface area contributed by atoms with Gasteiger partial charge < -0.3 is 4.90 Å². The molecule has 1 aliphatic carbocycles. The molecule has 0 saturated carbocycles. The van der Waals surface area contributed by atoms with Crippen molar-refractivity contribution < 1.29 is 9.00 Å². The normalized spacial score (nSPS) is 24.0. The summed E-state index contributed by atoms with van der Waals surface area (Å²) in [6, 6.07) is 8.31. The van der Waals surface area contributed by atoms with Crippen molar-refractivity contribution in [3.05, 3.63) is 35.4 Å². The first-order valence-corrected chi connectivity index (χ1v) is 8.46. The number of benzene rings is 1. The third-order valence-corrected chi connectivity index (χ3v) is 5.43. The molecule has 0 bridgehead atoms. The summed E-state index contributed by atoms with van der Waals surface area (Å²) in [5, 5.41) is 0. The minimum absolute atomic E-state index is 0.0245. The van der Waals surface area contributed by atoms with Gasteiger partial charge in [0.2, 0.25) is 5.91 Å². The third kappa shape index (κ3) is 2.59. The SMILES string of the molecule is O=C([C@H]1CCCc2ccccc21)N1CCS(=O)CC1. The molecule has 2 aliphatic rings. The van der Waals surface area contributed by atoms with Gasteiger partial charge in [-0.2, -0.15) is 0 Å². The summed E-state index contributed by atoms with van der Waals surface area (Å²) in [5.41, 5.74) is 2.54. The van der Waals surface area contributed by atoms with Gasteiger partial charge in [-0.15, -0.1) is 0 Å². The molecule has 0 aromatic heterocycles. The molecular formula is C15H19NO2S. The van der Waals surface area contributed by atoms with Gasteiger partial charge >= 0.3 is 0 Å². The van der Waals surface area contributed by atoms with Crippen LogP contribution in [0.3, 0.4) is 0 Å². The molecule has 0 spiro atoms. The molecule has 1 atom stereocenters. The van der Waals surface area contributed by atoms with E-state index in [2.05, 4.69) is 18.2 Å². The van der Waals surface area contributed by atoms with Gasteiger partial charge in [0, 0.05) is 35.4 Å². The van der Waals surface area contributed by atoms with E-state index in [1.807, 2.05) is 11.0 Å². The van der Waals surface area contributed by atoms with E-state index in [4.69, 9.17) is 0 Å². The second-order valence-corrected chi connectivity index (χ2v) is 7.01. The zero-order valence-corrected chi connectivity index (χ0v) is 11.8. The molecule has 0 N–H and O–H groups in total. The highest BCUT2D eigenvalue weighted by atomic mass is 32.2. The molecule has 0 unspecified atom stereocenters. The molecule has 1 aliphatic heterocycles. The zero-order chi connectivity index (χ0) is 13.2. The smallest absolute Gasteiger partial charge is 0.230 e. The van der Waals surface area contributed by atoms with Crippen LogP contribution in [0.4, 0.5) is 0 Å². The van der Waals surface area contributed by atoms with E-state index in [0.29, 0.717) is 24.6 Å². The van der Waals surface area contributed by atoms with Crippen molar-refractivity contribution in [3.63, 3.8) is 0 Å². The van der Waals surface area contributed by atoms with Gasteiger partial charge in [0.25, 0.3) is 0 Å². The van der Waals surface area contributed by atoms with Crippen molar-refractivity contribution in [2.75, 3.05) is 24.6 Å². The Morgan fingerprint density at radius 2 is 1.95 bits per heavy atom. The number of carbonyl (C=O) groups is 1. The van der Waals surface area contributed by atoms with Crippen molar-refractivity contribution in [2.24, 2.45) is 0 Å². The largest absolute Gasteiger partial charge is 0.340 e. The van der Waals surface area contributed by atoms with Crippen molar-refractivity contribution in [2.45, 2.75) is 25.2 Å². The monoisotopic (exact) mass is 277 g/mol. The van der Waals surface area contributed by atoms with Crippen LogP contribution in [0.1, 0.15) is 29.9 Å². The predicted octanol–water partition coefficient (Wildman–Crippen LogP) is 1.70. The van der Waals surface area contributed by atoms with Crippen LogP contribution in [0, 0.1) is 0 Å². The molecule has 1 aromatic rings. The second-order valence-electron chi connectivity index (χ2n) is 5.32. The van der Waals surface area contributed by atoms with Crippen LogP contribution in [0.2, 0.25) is 0 Å². The van der Waals surface area contributed by atoms with Gasteiger partial charge in [0.15, 0.2) is 0 Å². The Kier molecular flexibility index (Phi) is 3.69. The van der Waals surface area contributed by atoms with E-state index < -0.39 is 10.8 Å². The Bertz CT molecular complexity index is 505. The van der Waals surface area contributed by atoms with E-state index in [9.17, 15) is 9.00 Å². The first kappa shape index (κ1) is 12.9. The summed E-state index contributed by atoms with van der Waals surface area (Å²) in [7, 11) is -0.721. The Morgan fingerprint density at radius 3 is 2.74 bits per heavy atom. The Balaban J connectivity index is 1.79. The molecule has 1 saturated heterocycles. The lowest BCUT2D eigenvalue weighted by molar-refractivity contribution is -0.132. The van der Waals surface area contributed by atoms with Crippen LogP contribution in [0.25, 0.3) is 0 Å². The van der Waals surface area contributed by atoms with Crippen LogP contribution in [-0.2, 0) is 22.0 Å². The lowest BCUT2D eigenvalue weighted by Crippen LogP contribution is -2.44. The van der Waals surface area contributed by atoms with Crippen molar-refractivity contribution >= 4 is 16.7 Å². The highest BCUT2D eigenvalue weighted by Crippen LogP contribution is 2.33. The molecule has 1 aromatic carbocycles. The molecule has 1 fully saturated rings. The Morgan fingerprint density at radius 1 is 1.21 bits per heavy atom. The highest BCUT2D eigenvalue weighted by molar-refractivity contribution is 7.85. The van der Waals surface area contributed by atoms with Crippen molar-refractivity contribution in [1.82, 2.24) is 4.90 Å². The third-order valence-electron chi connectivity index (χ3n) is 4.16. The molecule has 1 heterocycles. The number of hydrogen-bond acceptors (Lipinski definition) is 2. The first-order chi connectivity index (χ1) is 9.25. The fourth-order valence-electron chi connectivity index (χ4n) is 3.09. The number of carbonyl (C=O) groups excluding carboxylic acids is 1. The summed E-state index contributed by atoms with van der Waals surface area (Å²) >= 11 is 0. The van der Waals surface area contributed by atoms with Crippen LogP contribution >= 0.6 is 0 Å². The van der Waals surface area contributed by atoms with Crippen molar-refractivity contribution in [3.8, 4) is 0 Å². The van der Waals surface area contributed by atoms with Gasteiger partial charge in [0.05, 0.1) is 5.92 Å². The lowest BCUT2D eigenvalue weighted by Gasteiger charge is -2.32. The van der Waals surface area contributed by atoms with Crippen molar-refractivity contribution in [1.29, 1.82) is 0 Å². The molecule has 0 radical (unpaired) electrons. The summed E-state index contributed by atoms with van der Waals surface area (Å²) in [5.74, 6) is 1.54. The number of rotatable bonds is 1. The quantitative estimate of drug-likeness (QED) is 0.783. The Labute approximate surface area is 116 Å². The fourth-order valence-corrected chi connectivity index (χ4v) is 4.14. The summed E-state index contributed by atoms with van der Waals surface area (Å²) in [4.78, 5) is 14.6. The van der Waals surface area contributed by atoms with E-state index in [1.165, 1.54) is 11.1 Å². The maximum absolute atomic E-state index is 12.6. The van der Waals surface area contributed by atoms with Crippen LogP contribution in [0.15, 0.2) is 24.3 Å². The summed E-state index contributed by atoms with van der Waals surface area (Å²) in [6.07, 6.45) is 3.13. The number of fused-ring (bicyclic) bond motifs is 1. The van der Waals surface area contributed by atoms with Gasteiger partial charge in [-0.1, -0.05) is 24.3 Å². The van der Waals surface area contributed by atoms with Gasteiger partial charge in [-0.25, -0.2) is 0 Å². The average molecular weight is 277 g/mol. The first-order valence-electron chi connectivity index (χ1n) is 6.97. The maximum Gasteiger partial charge on any atom is 0.230 e. The van der Waals surface area contributed by atoms with Crippen LogP contribution in [0.5, 0.6) is 0 Å². The topological polar surface area (TPSA) is 37.4 Å². The summed E-state index contributed by atoms with van der Waals surface area (Å²) in [6.45, 7) is 1.31. The maximum atomic E-state index is 12.6. The van der Waals surface area contributed by atoms with E-state index in [1.54, 1.807) is 0 Å². The highest BCUT2D eigenvalue weighted by Gasteiger charge is 2.31. The molecule has 3 nitrogen and oxygen atoms in total. The number of aryl methyl sites for hydroxylation is 1. The van der Waals surface area contributed by atoms with Gasteiger partial charge in [-0.05, 0) is 30.4 Å². The molecule has 3 rings (SSSR count). The molecule has 19 heavy (non-hydrogen) atoms. The van der Waals surface area contributed by atoms with Gasteiger partial charge in [-0.3, -0.25) is 9.00 Å². The predicted molar refractivity (Wildman–Crippen MR) is 76.6 cm³/mol. The minimum atomic E-state index is -0.721. The lowest BCUT2D eigenvalue weighted by atomic mass is 9.82. The van der Waals surface area contributed by atoms with Crippen LogP contribution < -0.4 is 0 Å². The number of hydrogen-bond donors (Lipinski definition) is 0. The minimum Gasteiger partial charge on any atom is -0.340 e. The summed E-state index contributed by atoms with van der Waals surface area (Å²) < 4.78 is 11.4. The fraction of sp³-hybridized carbons (Fsp3) is 0.533.